The molecule has 0 bridgehead atoms. The number of hydrogen-bond donors (Lipinski definition) is 2. The van der Waals surface area contributed by atoms with Crippen LogP contribution in [0.4, 0.5) is 0 Å². The Morgan fingerprint density at radius 3 is 1.12 bits per heavy atom. The van der Waals surface area contributed by atoms with Gasteiger partial charge in [-0.15, -0.1) is 0 Å². The zero-order valence-electron chi connectivity index (χ0n) is 22.5. The molecule has 0 fully saturated rings. The normalized spacial score (nSPS) is 11.3. The average molecular weight is 467 g/mol. The van der Waals surface area contributed by atoms with Crippen LogP contribution in [0.25, 0.3) is 0 Å². The first-order valence-electron chi connectivity index (χ1n) is 14.1. The monoisotopic (exact) mass is 466 g/mol. The highest BCUT2D eigenvalue weighted by molar-refractivity contribution is 5.44. The van der Waals surface area contributed by atoms with Gasteiger partial charge in [-0.3, -0.25) is 0 Å². The van der Waals surface area contributed by atoms with Crippen molar-refractivity contribution in [2.75, 3.05) is 0 Å². The van der Waals surface area contributed by atoms with Crippen molar-refractivity contribution in [2.45, 2.75) is 130 Å². The minimum absolute atomic E-state index is 0.502. The van der Waals surface area contributed by atoms with Gasteiger partial charge in [0.25, 0.3) is 0 Å². The molecule has 0 aliphatic carbocycles. The van der Waals surface area contributed by atoms with Gasteiger partial charge in [0.1, 0.15) is 11.5 Å². The molecule has 0 saturated heterocycles. The molecule has 2 rings (SSSR count). The van der Waals surface area contributed by atoms with Gasteiger partial charge in [0.05, 0.1) is 0 Å². The number of aryl methyl sites for hydroxylation is 6. The van der Waals surface area contributed by atoms with E-state index in [1.807, 2.05) is 13.8 Å². The van der Waals surface area contributed by atoms with Gasteiger partial charge >= 0.3 is 0 Å². The summed E-state index contributed by atoms with van der Waals surface area (Å²) in [4.78, 5) is 0. The molecule has 190 valence electrons. The van der Waals surface area contributed by atoms with Crippen LogP contribution < -0.4 is 0 Å². The molecule has 2 heteroatoms. The lowest BCUT2D eigenvalue weighted by molar-refractivity contribution is 0.462. The summed E-state index contributed by atoms with van der Waals surface area (Å²) in [6.45, 7) is 8.39. The summed E-state index contributed by atoms with van der Waals surface area (Å²) in [5.41, 5.74) is 7.08. The molecular weight excluding hydrogens is 416 g/mol. The van der Waals surface area contributed by atoms with Crippen LogP contribution in [0.1, 0.15) is 124 Å². The van der Waals surface area contributed by atoms with E-state index in [9.17, 15) is 10.2 Å². The van der Waals surface area contributed by atoms with Crippen molar-refractivity contribution in [2.24, 2.45) is 0 Å². The molecule has 0 aliphatic heterocycles. The van der Waals surface area contributed by atoms with Crippen LogP contribution in [0.15, 0.2) is 24.3 Å². The predicted molar refractivity (Wildman–Crippen MR) is 147 cm³/mol. The number of unbranched alkanes of at least 4 members (excludes halogenated alkanes) is 9. The topological polar surface area (TPSA) is 40.5 Å². The molecule has 0 atom stereocenters. The SMILES string of the molecule is CCCc1cc(CCCCCCCCCCCCc2cc(C)c(O)c(CCC)c2)cc(C)c1O. The van der Waals surface area contributed by atoms with E-state index < -0.39 is 0 Å². The van der Waals surface area contributed by atoms with E-state index >= 15 is 0 Å². The Labute approximate surface area is 209 Å². The van der Waals surface area contributed by atoms with Gasteiger partial charge in [0.2, 0.25) is 0 Å². The second-order valence-electron chi connectivity index (χ2n) is 10.4. The van der Waals surface area contributed by atoms with Crippen LogP contribution in [-0.2, 0) is 25.7 Å². The average Bonchev–Trinajstić information content (AvgIpc) is 2.81. The second-order valence-corrected chi connectivity index (χ2v) is 10.4. The first-order valence-corrected chi connectivity index (χ1v) is 14.1. The first-order chi connectivity index (χ1) is 16.5. The smallest absolute Gasteiger partial charge is 0.121 e. The van der Waals surface area contributed by atoms with Crippen LogP contribution in [0.3, 0.4) is 0 Å². The minimum atomic E-state index is 0.502. The minimum Gasteiger partial charge on any atom is -0.507 e. The van der Waals surface area contributed by atoms with Gasteiger partial charge in [0.15, 0.2) is 0 Å². The van der Waals surface area contributed by atoms with Gasteiger partial charge in [0, 0.05) is 0 Å². The fourth-order valence-electron chi connectivity index (χ4n) is 5.15. The summed E-state index contributed by atoms with van der Waals surface area (Å²) >= 11 is 0. The lowest BCUT2D eigenvalue weighted by Crippen LogP contribution is -1.94. The molecule has 0 spiro atoms. The van der Waals surface area contributed by atoms with Crippen molar-refractivity contribution >= 4 is 0 Å². The third-order valence-corrected chi connectivity index (χ3v) is 7.10. The number of aromatic hydroxyl groups is 2. The molecule has 0 unspecified atom stereocenters. The van der Waals surface area contributed by atoms with Gasteiger partial charge in [-0.05, 0) is 85.8 Å². The van der Waals surface area contributed by atoms with Crippen molar-refractivity contribution in [3.05, 3.63) is 57.6 Å². The molecule has 2 nitrogen and oxygen atoms in total. The van der Waals surface area contributed by atoms with Crippen LogP contribution in [-0.4, -0.2) is 10.2 Å². The van der Waals surface area contributed by atoms with Crippen molar-refractivity contribution < 1.29 is 10.2 Å². The Kier molecular flexibility index (Phi) is 13.2. The Bertz CT molecular complexity index is 781. The standard InChI is InChI=1S/C32H50O2/c1-5-17-29-23-27(21-25(3)31(29)33)19-15-13-11-9-7-8-10-12-14-16-20-28-22-26(4)32(34)30(24-28)18-6-2/h21-24,33-34H,5-20H2,1-4H3. The predicted octanol–water partition coefficient (Wildman–Crippen LogP) is 9.31. The van der Waals surface area contributed by atoms with E-state index in [2.05, 4.69) is 38.1 Å². The molecule has 0 saturated carbocycles. The molecule has 0 aliphatic rings. The van der Waals surface area contributed by atoms with Crippen LogP contribution >= 0.6 is 0 Å². The van der Waals surface area contributed by atoms with E-state index in [0.717, 1.165) is 60.8 Å². The molecule has 2 aromatic rings. The van der Waals surface area contributed by atoms with Crippen LogP contribution in [0.2, 0.25) is 0 Å². The Morgan fingerprint density at radius 1 is 0.471 bits per heavy atom. The fourth-order valence-corrected chi connectivity index (χ4v) is 5.15. The van der Waals surface area contributed by atoms with E-state index in [1.54, 1.807) is 0 Å². The number of phenolic OH excluding ortho intramolecular Hbond substituents is 2. The Morgan fingerprint density at radius 2 is 0.794 bits per heavy atom. The highest BCUT2D eigenvalue weighted by atomic mass is 16.3. The van der Waals surface area contributed by atoms with Crippen LogP contribution in [0.5, 0.6) is 11.5 Å². The highest BCUT2D eigenvalue weighted by Gasteiger charge is 2.08. The molecule has 0 aromatic heterocycles. The Balaban J connectivity index is 1.50. The third-order valence-electron chi connectivity index (χ3n) is 7.10. The van der Waals surface area contributed by atoms with Gasteiger partial charge < -0.3 is 10.2 Å². The highest BCUT2D eigenvalue weighted by Crippen LogP contribution is 2.27. The van der Waals surface area contributed by atoms with Crippen molar-refractivity contribution in [1.82, 2.24) is 0 Å². The number of hydrogen-bond acceptors (Lipinski definition) is 2. The molecule has 2 N–H and O–H groups in total. The number of benzene rings is 2. The molecule has 2 aromatic carbocycles. The molecule has 0 amide bonds. The van der Waals surface area contributed by atoms with E-state index in [-0.39, 0.29) is 0 Å². The summed E-state index contributed by atoms with van der Waals surface area (Å²) in [5, 5.41) is 20.4. The second kappa shape index (κ2) is 15.8. The summed E-state index contributed by atoms with van der Waals surface area (Å²) in [6.07, 6.45) is 19.7. The van der Waals surface area contributed by atoms with E-state index in [4.69, 9.17) is 0 Å². The van der Waals surface area contributed by atoms with E-state index in [1.165, 1.54) is 75.3 Å². The summed E-state index contributed by atoms with van der Waals surface area (Å²) in [6, 6.07) is 8.78. The molecule has 0 heterocycles. The summed E-state index contributed by atoms with van der Waals surface area (Å²) < 4.78 is 0. The first kappa shape index (κ1) is 28.3. The van der Waals surface area contributed by atoms with Crippen molar-refractivity contribution in [1.29, 1.82) is 0 Å². The summed E-state index contributed by atoms with van der Waals surface area (Å²) in [7, 11) is 0. The van der Waals surface area contributed by atoms with Crippen molar-refractivity contribution in [3.8, 4) is 11.5 Å². The molecule has 0 radical (unpaired) electrons. The zero-order valence-corrected chi connectivity index (χ0v) is 22.5. The van der Waals surface area contributed by atoms with Crippen LogP contribution in [0, 0.1) is 13.8 Å². The maximum absolute atomic E-state index is 10.2. The molecule has 34 heavy (non-hydrogen) atoms. The third kappa shape index (κ3) is 9.72. The Hall–Kier alpha value is -1.96. The maximum atomic E-state index is 10.2. The zero-order chi connectivity index (χ0) is 24.8. The van der Waals surface area contributed by atoms with Gasteiger partial charge in [-0.25, -0.2) is 0 Å². The van der Waals surface area contributed by atoms with E-state index in [0.29, 0.717) is 11.5 Å². The largest absolute Gasteiger partial charge is 0.507 e. The summed E-state index contributed by atoms with van der Waals surface area (Å²) in [5.74, 6) is 1.00. The van der Waals surface area contributed by atoms with Crippen molar-refractivity contribution in [3.63, 3.8) is 0 Å². The maximum Gasteiger partial charge on any atom is 0.121 e. The quantitative estimate of drug-likeness (QED) is 0.228. The lowest BCUT2D eigenvalue weighted by atomic mass is 9.97. The number of phenols is 2. The van der Waals surface area contributed by atoms with Gasteiger partial charge in [-0.2, -0.15) is 0 Å². The fraction of sp³-hybridized carbons (Fsp3) is 0.625. The van der Waals surface area contributed by atoms with Gasteiger partial charge in [-0.1, -0.05) is 102 Å². The number of rotatable bonds is 17. The molecular formula is C32H50O2. The lowest BCUT2D eigenvalue weighted by Gasteiger charge is -2.10.